The molecule has 1 saturated carbocycles. The summed E-state index contributed by atoms with van der Waals surface area (Å²) in [5.41, 5.74) is -1.62. The molecule has 2 rings (SSSR count). The lowest BCUT2D eigenvalue weighted by Crippen LogP contribution is -2.57. The van der Waals surface area contributed by atoms with Crippen LogP contribution in [0.3, 0.4) is 0 Å². The average molecular weight is 197 g/mol. The van der Waals surface area contributed by atoms with E-state index in [4.69, 9.17) is 0 Å². The Morgan fingerprint density at radius 2 is 2.21 bits per heavy atom. The van der Waals surface area contributed by atoms with Gasteiger partial charge in [0.15, 0.2) is 0 Å². The van der Waals surface area contributed by atoms with Crippen molar-refractivity contribution in [3.63, 3.8) is 0 Å². The van der Waals surface area contributed by atoms with Gasteiger partial charge in [0, 0.05) is 6.04 Å². The highest BCUT2D eigenvalue weighted by atomic mass is 16.4. The molecule has 2 unspecified atom stereocenters. The van der Waals surface area contributed by atoms with Crippen LogP contribution >= 0.6 is 0 Å². The lowest BCUT2D eigenvalue weighted by atomic mass is 9.62. The molecule has 1 saturated heterocycles. The molecular formula is C10H15NO3. The summed E-state index contributed by atoms with van der Waals surface area (Å²) in [6, 6.07) is 0.0756. The summed E-state index contributed by atoms with van der Waals surface area (Å²) < 4.78 is 0. The zero-order valence-corrected chi connectivity index (χ0v) is 8.46. The van der Waals surface area contributed by atoms with Gasteiger partial charge in [-0.3, -0.25) is 9.59 Å². The maximum atomic E-state index is 11.7. The molecule has 2 fully saturated rings. The molecule has 0 aromatic heterocycles. The van der Waals surface area contributed by atoms with Crippen LogP contribution in [0.25, 0.3) is 0 Å². The number of nitrogens with one attached hydrogen (secondary N) is 1. The second-order valence-electron chi connectivity index (χ2n) is 4.93. The predicted molar refractivity (Wildman–Crippen MR) is 49.6 cm³/mol. The number of hydrogen-bond acceptors (Lipinski definition) is 2. The molecule has 2 bridgehead atoms. The van der Waals surface area contributed by atoms with E-state index >= 15 is 0 Å². The molecule has 1 aliphatic carbocycles. The van der Waals surface area contributed by atoms with Crippen molar-refractivity contribution in [1.82, 2.24) is 5.32 Å². The molecule has 0 aromatic rings. The summed E-state index contributed by atoms with van der Waals surface area (Å²) in [4.78, 5) is 23.0. The number of carbonyl (C=O) groups excluding carboxylic acids is 1. The molecule has 2 N–H and O–H groups in total. The molecule has 78 valence electrons. The van der Waals surface area contributed by atoms with Crippen molar-refractivity contribution in [2.75, 3.05) is 0 Å². The van der Waals surface area contributed by atoms with Gasteiger partial charge in [0.05, 0.1) is 10.8 Å². The monoisotopic (exact) mass is 197 g/mol. The Morgan fingerprint density at radius 3 is 2.79 bits per heavy atom. The van der Waals surface area contributed by atoms with Crippen LogP contribution in [0.2, 0.25) is 0 Å². The molecule has 1 aliphatic heterocycles. The fraction of sp³-hybridized carbons (Fsp3) is 0.800. The van der Waals surface area contributed by atoms with E-state index in [-0.39, 0.29) is 11.9 Å². The number of piperidine rings is 1. The van der Waals surface area contributed by atoms with Gasteiger partial charge in [-0.15, -0.1) is 0 Å². The molecule has 14 heavy (non-hydrogen) atoms. The van der Waals surface area contributed by atoms with Gasteiger partial charge in [0.25, 0.3) is 0 Å². The lowest BCUT2D eigenvalue weighted by molar-refractivity contribution is -0.165. The number of amides is 1. The van der Waals surface area contributed by atoms with Gasteiger partial charge >= 0.3 is 5.97 Å². The standard InChI is InChI=1S/C10H15NO3/c1-9(2)7(12)11-6-3-4-10(9,5-6)8(13)14/h6H,3-5H2,1-2H3,(H,11,12)(H,13,14). The van der Waals surface area contributed by atoms with Crippen molar-refractivity contribution in [2.24, 2.45) is 10.8 Å². The van der Waals surface area contributed by atoms with Crippen molar-refractivity contribution < 1.29 is 14.7 Å². The van der Waals surface area contributed by atoms with E-state index in [0.717, 1.165) is 6.42 Å². The molecular weight excluding hydrogens is 182 g/mol. The van der Waals surface area contributed by atoms with Crippen LogP contribution in [-0.4, -0.2) is 23.0 Å². The van der Waals surface area contributed by atoms with Crippen LogP contribution in [0, 0.1) is 10.8 Å². The van der Waals surface area contributed by atoms with Gasteiger partial charge < -0.3 is 10.4 Å². The van der Waals surface area contributed by atoms with E-state index in [9.17, 15) is 14.7 Å². The Bertz CT molecular complexity index is 310. The summed E-state index contributed by atoms with van der Waals surface area (Å²) in [5, 5.41) is 12.2. The van der Waals surface area contributed by atoms with E-state index in [1.54, 1.807) is 13.8 Å². The van der Waals surface area contributed by atoms with Gasteiger partial charge in [-0.2, -0.15) is 0 Å². The zero-order chi connectivity index (χ0) is 10.6. The first-order valence-corrected chi connectivity index (χ1v) is 4.94. The summed E-state index contributed by atoms with van der Waals surface area (Å²) in [6.07, 6.45) is 1.99. The van der Waals surface area contributed by atoms with Gasteiger partial charge in [-0.25, -0.2) is 0 Å². The number of carbonyl (C=O) groups is 2. The highest BCUT2D eigenvalue weighted by Crippen LogP contribution is 2.54. The smallest absolute Gasteiger partial charge is 0.310 e. The normalized spacial score (nSPS) is 39.3. The summed E-state index contributed by atoms with van der Waals surface area (Å²) >= 11 is 0. The average Bonchev–Trinajstić information content (AvgIpc) is 2.45. The largest absolute Gasteiger partial charge is 0.481 e. The SMILES string of the molecule is CC1(C)C(=O)NC2CCC1(C(=O)O)C2. The first kappa shape index (κ1) is 9.49. The molecule has 4 nitrogen and oxygen atoms in total. The minimum Gasteiger partial charge on any atom is -0.481 e. The first-order chi connectivity index (χ1) is 6.40. The Morgan fingerprint density at radius 1 is 1.57 bits per heavy atom. The van der Waals surface area contributed by atoms with Crippen LogP contribution in [-0.2, 0) is 9.59 Å². The third-order valence-corrected chi connectivity index (χ3v) is 4.02. The number of carboxylic acids is 1. The molecule has 2 aliphatic rings. The van der Waals surface area contributed by atoms with Gasteiger partial charge in [-0.05, 0) is 33.1 Å². The van der Waals surface area contributed by atoms with E-state index < -0.39 is 16.8 Å². The minimum absolute atomic E-state index is 0.0756. The third-order valence-electron chi connectivity index (χ3n) is 4.02. The van der Waals surface area contributed by atoms with Crippen molar-refractivity contribution in [3.05, 3.63) is 0 Å². The quantitative estimate of drug-likeness (QED) is 0.652. The molecule has 4 heteroatoms. The fourth-order valence-electron chi connectivity index (χ4n) is 2.78. The lowest BCUT2D eigenvalue weighted by Gasteiger charge is -2.43. The number of fused-ring (bicyclic) bond motifs is 2. The van der Waals surface area contributed by atoms with E-state index in [2.05, 4.69) is 5.32 Å². The van der Waals surface area contributed by atoms with Crippen molar-refractivity contribution >= 4 is 11.9 Å². The van der Waals surface area contributed by atoms with E-state index in [0.29, 0.717) is 12.8 Å². The zero-order valence-electron chi connectivity index (χ0n) is 8.46. The number of hydrogen-bond donors (Lipinski definition) is 2. The molecule has 1 heterocycles. The van der Waals surface area contributed by atoms with Crippen molar-refractivity contribution in [1.29, 1.82) is 0 Å². The number of aliphatic carboxylic acids is 1. The predicted octanol–water partition coefficient (Wildman–Crippen LogP) is 0.766. The van der Waals surface area contributed by atoms with Gasteiger partial charge in [-0.1, -0.05) is 0 Å². The molecule has 0 radical (unpaired) electrons. The molecule has 1 amide bonds. The van der Waals surface area contributed by atoms with Crippen LogP contribution in [0.15, 0.2) is 0 Å². The summed E-state index contributed by atoms with van der Waals surface area (Å²) in [6.45, 7) is 3.47. The third kappa shape index (κ3) is 0.885. The topological polar surface area (TPSA) is 66.4 Å². The highest BCUT2D eigenvalue weighted by molar-refractivity contribution is 5.92. The first-order valence-electron chi connectivity index (χ1n) is 4.94. The number of carboxylic acid groups (broad SMARTS) is 1. The second-order valence-corrected chi connectivity index (χ2v) is 4.93. The maximum absolute atomic E-state index is 11.7. The van der Waals surface area contributed by atoms with Gasteiger partial charge in [0.1, 0.15) is 0 Å². The Hall–Kier alpha value is -1.06. The highest BCUT2D eigenvalue weighted by Gasteiger charge is 2.62. The van der Waals surface area contributed by atoms with E-state index in [1.165, 1.54) is 0 Å². The van der Waals surface area contributed by atoms with Crippen LogP contribution < -0.4 is 5.32 Å². The van der Waals surface area contributed by atoms with Crippen LogP contribution in [0.4, 0.5) is 0 Å². The molecule has 0 aromatic carbocycles. The van der Waals surface area contributed by atoms with Crippen LogP contribution in [0.1, 0.15) is 33.1 Å². The van der Waals surface area contributed by atoms with Crippen molar-refractivity contribution in [2.45, 2.75) is 39.2 Å². The maximum Gasteiger partial charge on any atom is 0.310 e. The molecule has 0 spiro atoms. The fourth-order valence-corrected chi connectivity index (χ4v) is 2.78. The Balaban J connectivity index is 2.48. The number of rotatable bonds is 1. The summed E-state index contributed by atoms with van der Waals surface area (Å²) in [7, 11) is 0. The van der Waals surface area contributed by atoms with Gasteiger partial charge in [0.2, 0.25) is 5.91 Å². The second kappa shape index (κ2) is 2.49. The Labute approximate surface area is 82.7 Å². The van der Waals surface area contributed by atoms with Crippen LogP contribution in [0.5, 0.6) is 0 Å². The molecule has 2 atom stereocenters. The minimum atomic E-state index is -0.833. The van der Waals surface area contributed by atoms with Crippen molar-refractivity contribution in [3.8, 4) is 0 Å². The van der Waals surface area contributed by atoms with E-state index in [1.807, 2.05) is 0 Å². The Kier molecular flexibility index (Phi) is 1.69. The summed E-state index contributed by atoms with van der Waals surface area (Å²) in [5.74, 6) is -0.937.